The molecule has 1 atom stereocenters. The van der Waals surface area contributed by atoms with Gasteiger partial charge in [-0.25, -0.2) is 9.97 Å². The van der Waals surface area contributed by atoms with Crippen molar-refractivity contribution in [1.82, 2.24) is 19.9 Å². The van der Waals surface area contributed by atoms with Gasteiger partial charge >= 0.3 is 0 Å². The predicted octanol–water partition coefficient (Wildman–Crippen LogP) is 2.70. The van der Waals surface area contributed by atoms with Crippen molar-refractivity contribution in [1.29, 1.82) is 0 Å². The topological polar surface area (TPSA) is 85.4 Å². The van der Waals surface area contributed by atoms with Crippen molar-refractivity contribution in [3.63, 3.8) is 0 Å². The van der Waals surface area contributed by atoms with Crippen molar-refractivity contribution in [2.75, 3.05) is 31.1 Å². The number of carbonyl (C=O) groups is 1. The van der Waals surface area contributed by atoms with Crippen molar-refractivity contribution < 1.29 is 9.90 Å². The first-order valence-electron chi connectivity index (χ1n) is 10.5. The minimum absolute atomic E-state index is 0.191. The molecule has 0 aromatic carbocycles. The summed E-state index contributed by atoms with van der Waals surface area (Å²) >= 11 is 0. The molecule has 1 amide bonds. The lowest BCUT2D eigenvalue weighted by molar-refractivity contribution is -0.132. The second kappa shape index (κ2) is 6.99. The second-order valence-corrected chi connectivity index (χ2v) is 8.79. The molecule has 0 aliphatic carbocycles. The maximum absolute atomic E-state index is 12.6. The molecule has 0 bridgehead atoms. The van der Waals surface area contributed by atoms with Crippen molar-refractivity contribution >= 4 is 33.5 Å². The van der Waals surface area contributed by atoms with Gasteiger partial charge in [0.25, 0.3) is 0 Å². The zero-order valence-electron chi connectivity index (χ0n) is 16.8. The summed E-state index contributed by atoms with van der Waals surface area (Å²) in [5.74, 6) is 0.602. The fourth-order valence-electron chi connectivity index (χ4n) is 4.81. The predicted molar refractivity (Wildman–Crippen MR) is 113 cm³/mol. The fraction of sp³-hybridized carbons (Fsp3) is 0.500. The van der Waals surface area contributed by atoms with Gasteiger partial charge in [-0.3, -0.25) is 4.79 Å². The smallest absolute Gasteiger partial charge is 0.222 e. The van der Waals surface area contributed by atoms with Crippen LogP contribution in [0, 0.1) is 5.92 Å². The van der Waals surface area contributed by atoms with Crippen LogP contribution in [0.2, 0.25) is 0 Å². The molecule has 3 aromatic heterocycles. The first-order chi connectivity index (χ1) is 14.0. The zero-order valence-corrected chi connectivity index (χ0v) is 16.8. The van der Waals surface area contributed by atoms with Gasteiger partial charge in [-0.1, -0.05) is 0 Å². The number of nitrogens with one attached hydrogen (secondary N) is 1. The van der Waals surface area contributed by atoms with E-state index >= 15 is 0 Å². The van der Waals surface area contributed by atoms with Crippen LogP contribution < -0.4 is 4.90 Å². The number of aromatic nitrogens is 3. The van der Waals surface area contributed by atoms with Crippen LogP contribution in [0.4, 0.5) is 5.69 Å². The van der Waals surface area contributed by atoms with E-state index in [1.54, 1.807) is 6.20 Å². The lowest BCUT2D eigenvalue weighted by atomic mass is 9.92. The SMILES string of the molecule is CC1(O)CCN(C(=O)CC2CCN(c3cc[nH]c4cnc5nccc5c34)CC2)C1. The fourth-order valence-corrected chi connectivity index (χ4v) is 4.81. The average molecular weight is 393 g/mol. The molecule has 5 rings (SSSR count). The Labute approximate surface area is 169 Å². The van der Waals surface area contributed by atoms with E-state index in [9.17, 15) is 9.90 Å². The second-order valence-electron chi connectivity index (χ2n) is 8.79. The van der Waals surface area contributed by atoms with Crippen molar-refractivity contribution in [2.45, 2.75) is 38.2 Å². The van der Waals surface area contributed by atoms with Crippen molar-refractivity contribution in [3.05, 3.63) is 30.7 Å². The van der Waals surface area contributed by atoms with Gasteiger partial charge in [0, 0.05) is 61.5 Å². The molecule has 3 aromatic rings. The summed E-state index contributed by atoms with van der Waals surface area (Å²) in [6.45, 7) is 4.83. The molecule has 0 spiro atoms. The van der Waals surface area contributed by atoms with E-state index in [1.165, 1.54) is 11.1 Å². The van der Waals surface area contributed by atoms with Gasteiger partial charge in [-0.15, -0.1) is 0 Å². The first kappa shape index (κ1) is 18.4. The molecule has 7 nitrogen and oxygen atoms in total. The van der Waals surface area contributed by atoms with Crippen LogP contribution in [0.25, 0.3) is 21.9 Å². The maximum Gasteiger partial charge on any atom is 0.222 e. The first-order valence-corrected chi connectivity index (χ1v) is 10.5. The number of hydrogen-bond donors (Lipinski definition) is 2. The van der Waals surface area contributed by atoms with Crippen LogP contribution in [0.1, 0.15) is 32.6 Å². The standard InChI is InChI=1S/C22H27N5O2/c1-22(29)6-11-27(14-22)19(28)12-15-4-9-26(10-5-15)18-3-8-23-17-13-25-21-16(20(17)18)2-7-24-21/h2-3,7-8,13,15,23,29H,4-6,9-12,14H2,1H3. The maximum atomic E-state index is 12.6. The Morgan fingerprint density at radius 2 is 2.10 bits per heavy atom. The van der Waals surface area contributed by atoms with Crippen LogP contribution in [0.3, 0.4) is 0 Å². The largest absolute Gasteiger partial charge is 0.388 e. The number of aliphatic hydroxyl groups is 1. The molecule has 1 unspecified atom stereocenters. The van der Waals surface area contributed by atoms with Gasteiger partial charge in [-0.2, -0.15) is 0 Å². The molecule has 2 aliphatic heterocycles. The highest BCUT2D eigenvalue weighted by Gasteiger charge is 2.35. The lowest BCUT2D eigenvalue weighted by Gasteiger charge is -2.34. The number of fused-ring (bicyclic) bond motifs is 3. The van der Waals surface area contributed by atoms with E-state index in [4.69, 9.17) is 0 Å². The number of aromatic amines is 1. The number of H-pyrrole nitrogens is 1. The molecule has 2 N–H and O–H groups in total. The van der Waals surface area contributed by atoms with E-state index in [0.717, 1.165) is 42.5 Å². The van der Waals surface area contributed by atoms with Crippen LogP contribution >= 0.6 is 0 Å². The lowest BCUT2D eigenvalue weighted by Crippen LogP contribution is -2.38. The third-order valence-corrected chi connectivity index (χ3v) is 6.49. The van der Waals surface area contributed by atoms with Gasteiger partial charge in [0.05, 0.1) is 17.3 Å². The van der Waals surface area contributed by atoms with E-state index in [1.807, 2.05) is 30.3 Å². The third-order valence-electron chi connectivity index (χ3n) is 6.49. The summed E-state index contributed by atoms with van der Waals surface area (Å²) in [4.78, 5) is 29.0. The number of hydrogen-bond acceptors (Lipinski definition) is 5. The summed E-state index contributed by atoms with van der Waals surface area (Å²) in [6.07, 6.45) is 8.90. The zero-order chi connectivity index (χ0) is 20.0. The molecular formula is C22H27N5O2. The van der Waals surface area contributed by atoms with Crippen LogP contribution in [0.15, 0.2) is 30.7 Å². The number of rotatable bonds is 3. The van der Waals surface area contributed by atoms with Crippen LogP contribution in [-0.4, -0.2) is 62.6 Å². The average Bonchev–Trinajstić information content (AvgIpc) is 3.34. The third kappa shape index (κ3) is 3.44. The molecule has 5 heterocycles. The number of anilines is 1. The highest BCUT2D eigenvalue weighted by Crippen LogP contribution is 2.34. The Hall–Kier alpha value is -2.67. The monoisotopic (exact) mass is 393 g/mol. The van der Waals surface area contributed by atoms with E-state index in [-0.39, 0.29) is 5.91 Å². The quantitative estimate of drug-likeness (QED) is 0.715. The normalized spacial score (nSPS) is 23.4. The number of nitrogens with zero attached hydrogens (tertiary/aromatic N) is 4. The molecule has 29 heavy (non-hydrogen) atoms. The number of piperidine rings is 1. The summed E-state index contributed by atoms with van der Waals surface area (Å²) < 4.78 is 0. The molecule has 2 aliphatic rings. The number of pyridine rings is 2. The Morgan fingerprint density at radius 3 is 2.86 bits per heavy atom. The van der Waals surface area contributed by atoms with Gasteiger partial charge in [-0.05, 0) is 44.2 Å². The molecule has 0 radical (unpaired) electrons. The molecule has 2 fully saturated rings. The highest BCUT2D eigenvalue weighted by atomic mass is 16.3. The van der Waals surface area contributed by atoms with Crippen molar-refractivity contribution in [3.8, 4) is 0 Å². The summed E-state index contributed by atoms with van der Waals surface area (Å²) in [5.41, 5.74) is 2.28. The summed E-state index contributed by atoms with van der Waals surface area (Å²) in [6, 6.07) is 4.16. The van der Waals surface area contributed by atoms with Crippen LogP contribution in [0.5, 0.6) is 0 Å². The molecule has 152 valence electrons. The number of β-amino-alcohol motifs (C(OH)–C–C–N with tert-alkyl or cyclic N) is 1. The molecule has 0 saturated carbocycles. The Kier molecular flexibility index (Phi) is 4.42. The molecule has 2 saturated heterocycles. The minimum atomic E-state index is -0.722. The highest BCUT2D eigenvalue weighted by molar-refractivity contribution is 6.09. The van der Waals surface area contributed by atoms with Gasteiger partial charge in [0.2, 0.25) is 5.91 Å². The Bertz CT molecular complexity index is 1050. The summed E-state index contributed by atoms with van der Waals surface area (Å²) in [5, 5.41) is 12.4. The van der Waals surface area contributed by atoms with E-state index in [2.05, 4.69) is 25.9 Å². The number of amides is 1. The van der Waals surface area contributed by atoms with Gasteiger partial charge in [0.15, 0.2) is 5.65 Å². The minimum Gasteiger partial charge on any atom is -0.388 e. The molecule has 7 heteroatoms. The summed E-state index contributed by atoms with van der Waals surface area (Å²) in [7, 11) is 0. The van der Waals surface area contributed by atoms with E-state index < -0.39 is 5.60 Å². The van der Waals surface area contributed by atoms with Gasteiger partial charge < -0.3 is 19.9 Å². The Morgan fingerprint density at radius 1 is 1.28 bits per heavy atom. The van der Waals surface area contributed by atoms with E-state index in [0.29, 0.717) is 31.8 Å². The van der Waals surface area contributed by atoms with Crippen molar-refractivity contribution in [2.24, 2.45) is 5.92 Å². The van der Waals surface area contributed by atoms with Crippen LogP contribution in [-0.2, 0) is 4.79 Å². The number of likely N-dealkylation sites (tertiary alicyclic amines) is 1. The number of carbonyl (C=O) groups excluding carboxylic acids is 1. The Balaban J connectivity index is 1.29. The van der Waals surface area contributed by atoms with Gasteiger partial charge in [0.1, 0.15) is 0 Å². The molecular weight excluding hydrogens is 366 g/mol.